The van der Waals surface area contributed by atoms with Gasteiger partial charge in [-0.25, -0.2) is 0 Å². The summed E-state index contributed by atoms with van der Waals surface area (Å²) in [6, 6.07) is 0. The third-order valence-electron chi connectivity index (χ3n) is 1.33. The van der Waals surface area contributed by atoms with Crippen molar-refractivity contribution in [1.82, 2.24) is 4.98 Å². The zero-order valence-corrected chi connectivity index (χ0v) is 7.49. The Hall–Kier alpha value is -1.29. The van der Waals surface area contributed by atoms with Crippen molar-refractivity contribution in [2.75, 3.05) is 0 Å². The Balaban J connectivity index is 3.36. The van der Waals surface area contributed by atoms with Crippen molar-refractivity contribution in [1.29, 1.82) is 0 Å². The normalized spacial score (nSPS) is 9.75. The summed E-state index contributed by atoms with van der Waals surface area (Å²) in [4.78, 5) is 13.8. The molecule has 0 amide bonds. The molecule has 4 heteroatoms. The second kappa shape index (κ2) is 2.98. The van der Waals surface area contributed by atoms with Crippen molar-refractivity contribution in [2.24, 2.45) is 0 Å². The van der Waals surface area contributed by atoms with Crippen LogP contribution in [0.15, 0.2) is 18.0 Å². The second-order valence-electron chi connectivity index (χ2n) is 2.45. The molecule has 12 heavy (non-hydrogen) atoms. The number of hydrogen-bond donors (Lipinski definition) is 2. The van der Waals surface area contributed by atoms with Gasteiger partial charge in [-0.2, -0.15) is 0 Å². The quantitative estimate of drug-likeness (QED) is 0.689. The first kappa shape index (κ1) is 8.80. The molecule has 0 fully saturated rings. The monoisotopic (exact) mass is 183 g/mol. The van der Waals surface area contributed by atoms with Crippen molar-refractivity contribution < 1.29 is 5.11 Å². The molecule has 0 aliphatic heterocycles. The summed E-state index contributed by atoms with van der Waals surface area (Å²) in [5.74, 6) is -0.133. The summed E-state index contributed by atoms with van der Waals surface area (Å²) in [5.41, 5.74) is 1.11. The van der Waals surface area contributed by atoms with Crippen molar-refractivity contribution in [3.63, 3.8) is 0 Å². The van der Waals surface area contributed by atoms with E-state index in [4.69, 9.17) is 5.11 Å². The topological polar surface area (TPSA) is 53.1 Å². The van der Waals surface area contributed by atoms with E-state index in [0.717, 1.165) is 16.9 Å². The van der Waals surface area contributed by atoms with E-state index in [1.807, 2.05) is 0 Å². The van der Waals surface area contributed by atoms with Crippen LogP contribution >= 0.6 is 11.3 Å². The Morgan fingerprint density at radius 3 is 2.50 bits per heavy atom. The fourth-order valence-electron chi connectivity index (χ4n) is 0.832. The van der Waals surface area contributed by atoms with Crippen molar-refractivity contribution in [2.45, 2.75) is 6.92 Å². The number of hydrogen-bond acceptors (Lipinski definition) is 3. The van der Waals surface area contributed by atoms with Crippen molar-refractivity contribution in [3.8, 4) is 0 Å². The van der Waals surface area contributed by atoms with E-state index in [-0.39, 0.29) is 10.6 Å². The zero-order chi connectivity index (χ0) is 9.30. The molecule has 1 aromatic rings. The fraction of sp³-hybridized carbons (Fsp3) is 0.125. The molecule has 0 saturated carbocycles. The van der Waals surface area contributed by atoms with Gasteiger partial charge < -0.3 is 10.1 Å². The molecular formula is C8H9NO2S. The Morgan fingerprint density at radius 2 is 2.17 bits per heavy atom. The average Bonchev–Trinajstić information content (AvgIpc) is 2.31. The number of thiazole rings is 1. The average molecular weight is 183 g/mol. The molecule has 1 aromatic heterocycles. The lowest BCUT2D eigenvalue weighted by molar-refractivity contribution is 0.511. The maximum atomic E-state index is 10.9. The van der Waals surface area contributed by atoms with Crippen LogP contribution < -0.4 is 4.87 Å². The molecule has 0 radical (unpaired) electrons. The Kier molecular flexibility index (Phi) is 2.19. The van der Waals surface area contributed by atoms with Crippen molar-refractivity contribution >= 4 is 22.7 Å². The van der Waals surface area contributed by atoms with Crippen LogP contribution in [-0.2, 0) is 0 Å². The Bertz CT molecular complexity index is 352. The third-order valence-corrected chi connectivity index (χ3v) is 2.37. The van der Waals surface area contributed by atoms with Gasteiger partial charge in [-0.3, -0.25) is 4.79 Å². The lowest BCUT2D eigenvalue weighted by atomic mass is 10.2. The fourth-order valence-corrected chi connectivity index (χ4v) is 1.62. The Morgan fingerprint density at radius 1 is 1.58 bits per heavy atom. The smallest absolute Gasteiger partial charge is 0.305 e. The largest absolute Gasteiger partial charge is 0.506 e. The van der Waals surface area contributed by atoms with E-state index in [2.05, 4.69) is 18.1 Å². The molecule has 0 saturated heterocycles. The van der Waals surface area contributed by atoms with Crippen molar-refractivity contribution in [3.05, 3.63) is 33.4 Å². The zero-order valence-electron chi connectivity index (χ0n) is 6.68. The van der Waals surface area contributed by atoms with Crippen LogP contribution in [0.25, 0.3) is 11.3 Å². The first-order chi connectivity index (χ1) is 5.52. The molecule has 0 unspecified atom stereocenters. The first-order valence-corrected chi connectivity index (χ1v) is 4.11. The summed E-state index contributed by atoms with van der Waals surface area (Å²) >= 11 is 1.02. The van der Waals surface area contributed by atoms with E-state index < -0.39 is 0 Å². The van der Waals surface area contributed by atoms with Crippen LogP contribution in [0, 0.1) is 0 Å². The number of aliphatic hydroxyl groups excluding tert-OH is 1. The molecule has 0 aliphatic carbocycles. The highest BCUT2D eigenvalue weighted by Gasteiger charge is 2.10. The van der Waals surface area contributed by atoms with E-state index in [0.29, 0.717) is 10.6 Å². The molecule has 64 valence electrons. The molecule has 1 heterocycles. The standard InChI is InChI=1S/C8H9NO2S/c1-4(2)7-6(5(3)10)9-8(11)12-7/h10H,1,3H2,2H3,(H,9,11). The minimum Gasteiger partial charge on any atom is -0.506 e. The van der Waals surface area contributed by atoms with E-state index in [1.165, 1.54) is 0 Å². The maximum absolute atomic E-state index is 10.9. The summed E-state index contributed by atoms with van der Waals surface area (Å²) in [6.07, 6.45) is 0. The number of H-pyrrole nitrogens is 1. The lowest BCUT2D eigenvalue weighted by Gasteiger charge is -1.97. The highest BCUT2D eigenvalue weighted by Crippen LogP contribution is 2.22. The number of allylic oxidation sites excluding steroid dienone is 1. The van der Waals surface area contributed by atoms with Gasteiger partial charge in [0.2, 0.25) is 0 Å². The van der Waals surface area contributed by atoms with Gasteiger partial charge >= 0.3 is 4.87 Å². The van der Waals surface area contributed by atoms with Crippen LogP contribution in [-0.4, -0.2) is 10.1 Å². The molecule has 2 N–H and O–H groups in total. The van der Waals surface area contributed by atoms with Crippen LogP contribution in [0.1, 0.15) is 17.5 Å². The molecular weight excluding hydrogens is 174 g/mol. The van der Waals surface area contributed by atoms with Gasteiger partial charge in [0.25, 0.3) is 0 Å². The molecule has 1 rings (SSSR count). The van der Waals surface area contributed by atoms with Gasteiger partial charge in [0, 0.05) is 0 Å². The molecule has 0 bridgehead atoms. The van der Waals surface area contributed by atoms with Crippen LogP contribution in [0.3, 0.4) is 0 Å². The Labute approximate surface area is 73.7 Å². The maximum Gasteiger partial charge on any atom is 0.305 e. The van der Waals surface area contributed by atoms with E-state index in [1.54, 1.807) is 6.92 Å². The van der Waals surface area contributed by atoms with Gasteiger partial charge in [0.1, 0.15) is 11.5 Å². The first-order valence-electron chi connectivity index (χ1n) is 3.29. The molecule has 0 aromatic carbocycles. The number of aromatic amines is 1. The van der Waals surface area contributed by atoms with E-state index >= 15 is 0 Å². The number of rotatable bonds is 2. The van der Waals surface area contributed by atoms with Gasteiger partial charge in [0.05, 0.1) is 4.88 Å². The third kappa shape index (κ3) is 1.48. The number of aromatic nitrogens is 1. The lowest BCUT2D eigenvalue weighted by Crippen LogP contribution is -1.94. The predicted molar refractivity (Wildman–Crippen MR) is 51.3 cm³/mol. The highest BCUT2D eigenvalue weighted by atomic mass is 32.1. The van der Waals surface area contributed by atoms with Crippen LogP contribution in [0.5, 0.6) is 0 Å². The van der Waals surface area contributed by atoms with Gasteiger partial charge in [-0.05, 0) is 12.5 Å². The number of aliphatic hydroxyl groups is 1. The van der Waals surface area contributed by atoms with Gasteiger partial charge in [-0.1, -0.05) is 24.5 Å². The SMILES string of the molecule is C=C(O)c1[nH]c(=O)sc1C(=C)C. The van der Waals surface area contributed by atoms with Gasteiger partial charge in [-0.15, -0.1) is 0 Å². The molecule has 3 nitrogen and oxygen atoms in total. The summed E-state index contributed by atoms with van der Waals surface area (Å²) < 4.78 is 0. The van der Waals surface area contributed by atoms with E-state index in [9.17, 15) is 4.79 Å². The molecule has 0 aliphatic rings. The minimum atomic E-state index is -0.210. The molecule has 0 atom stereocenters. The number of nitrogens with one attached hydrogen (secondary N) is 1. The predicted octanol–water partition coefficient (Wildman–Crippen LogP) is 2.00. The minimum absolute atomic E-state index is 0.133. The summed E-state index contributed by atoms with van der Waals surface area (Å²) in [6.45, 7) is 8.78. The van der Waals surface area contributed by atoms with Gasteiger partial charge in [0.15, 0.2) is 0 Å². The molecule has 0 spiro atoms. The summed E-state index contributed by atoms with van der Waals surface area (Å²) in [7, 11) is 0. The van der Waals surface area contributed by atoms with Crippen LogP contribution in [0.4, 0.5) is 0 Å². The second-order valence-corrected chi connectivity index (χ2v) is 3.43. The highest BCUT2D eigenvalue weighted by molar-refractivity contribution is 7.10. The summed E-state index contributed by atoms with van der Waals surface area (Å²) in [5, 5.41) is 9.07. The van der Waals surface area contributed by atoms with Crippen LogP contribution in [0.2, 0.25) is 0 Å².